The van der Waals surface area contributed by atoms with Crippen molar-refractivity contribution in [3.8, 4) is 0 Å². The minimum Gasteiger partial charge on any atom is -0.366 e. The van der Waals surface area contributed by atoms with Gasteiger partial charge in [0.1, 0.15) is 0 Å². The zero-order chi connectivity index (χ0) is 19.1. The topological polar surface area (TPSA) is 15.6 Å². The molecule has 0 aromatic heterocycles. The molecule has 0 fully saturated rings. The first kappa shape index (κ1) is 19.0. The second kappa shape index (κ2) is 7.08. The van der Waals surface area contributed by atoms with E-state index in [0.717, 1.165) is 22.8 Å². The molecule has 1 atom stereocenters. The van der Waals surface area contributed by atoms with E-state index in [2.05, 4.69) is 58.6 Å². The molecule has 0 amide bonds. The van der Waals surface area contributed by atoms with Gasteiger partial charge in [-0.1, -0.05) is 24.6 Å². The molecule has 138 valence electrons. The summed E-state index contributed by atoms with van der Waals surface area (Å²) in [6, 6.07) is 10.5. The fraction of sp³-hybridized carbons (Fsp3) is 0.435. The highest BCUT2D eigenvalue weighted by Crippen LogP contribution is 2.44. The number of aliphatic imine (C=N–C) groups is 1. The van der Waals surface area contributed by atoms with E-state index in [1.54, 1.807) is 0 Å². The molecule has 2 aromatic carbocycles. The number of halogens is 1. The van der Waals surface area contributed by atoms with E-state index in [0.29, 0.717) is 5.92 Å². The van der Waals surface area contributed by atoms with Gasteiger partial charge in [-0.25, -0.2) is 0 Å². The molecule has 0 saturated heterocycles. The average Bonchev–Trinajstić information content (AvgIpc) is 2.55. The van der Waals surface area contributed by atoms with E-state index >= 15 is 0 Å². The highest BCUT2D eigenvalue weighted by molar-refractivity contribution is 6.30. The van der Waals surface area contributed by atoms with Crippen LogP contribution in [0.5, 0.6) is 0 Å². The van der Waals surface area contributed by atoms with E-state index in [1.807, 2.05) is 24.4 Å². The second-order valence-electron chi connectivity index (χ2n) is 8.12. The Morgan fingerprint density at radius 3 is 2.62 bits per heavy atom. The summed E-state index contributed by atoms with van der Waals surface area (Å²) < 4.78 is 0. The molecule has 0 N–H and O–H groups in total. The van der Waals surface area contributed by atoms with Crippen LogP contribution in [0.25, 0.3) is 0 Å². The third kappa shape index (κ3) is 3.53. The van der Waals surface area contributed by atoms with Gasteiger partial charge in [-0.3, -0.25) is 4.99 Å². The number of aryl methyl sites for hydroxylation is 2. The molecule has 0 radical (unpaired) electrons. The van der Waals surface area contributed by atoms with Gasteiger partial charge < -0.3 is 4.90 Å². The summed E-state index contributed by atoms with van der Waals surface area (Å²) in [4.78, 5) is 7.26. The molecule has 1 unspecified atom stereocenters. The zero-order valence-electron chi connectivity index (χ0n) is 16.7. The zero-order valence-corrected chi connectivity index (χ0v) is 17.5. The van der Waals surface area contributed by atoms with Crippen LogP contribution in [-0.2, 0) is 0 Å². The van der Waals surface area contributed by atoms with Crippen LogP contribution in [-0.4, -0.2) is 18.3 Å². The molecule has 1 aliphatic heterocycles. The number of hydrogen-bond donors (Lipinski definition) is 0. The minimum absolute atomic E-state index is 0.196. The van der Waals surface area contributed by atoms with Crippen molar-refractivity contribution in [1.29, 1.82) is 0 Å². The lowest BCUT2D eigenvalue weighted by atomic mass is 9.79. The van der Waals surface area contributed by atoms with Gasteiger partial charge in [0.25, 0.3) is 0 Å². The Balaban J connectivity index is 2.02. The third-order valence-corrected chi connectivity index (χ3v) is 5.84. The lowest BCUT2D eigenvalue weighted by Crippen LogP contribution is -2.48. The van der Waals surface area contributed by atoms with Gasteiger partial charge in [-0.15, -0.1) is 0 Å². The van der Waals surface area contributed by atoms with Crippen molar-refractivity contribution in [3.63, 3.8) is 0 Å². The van der Waals surface area contributed by atoms with Gasteiger partial charge in [-0.05, 0) is 93.5 Å². The Kier molecular flexibility index (Phi) is 5.16. The number of rotatable bonds is 3. The van der Waals surface area contributed by atoms with Crippen molar-refractivity contribution in [1.82, 2.24) is 0 Å². The monoisotopic (exact) mass is 368 g/mol. The molecule has 2 nitrogen and oxygen atoms in total. The number of benzene rings is 2. The Bertz CT molecular complexity index is 852. The van der Waals surface area contributed by atoms with Crippen molar-refractivity contribution >= 4 is 29.2 Å². The predicted molar refractivity (Wildman–Crippen MR) is 115 cm³/mol. The van der Waals surface area contributed by atoms with Gasteiger partial charge in [0.05, 0.1) is 5.69 Å². The summed E-state index contributed by atoms with van der Waals surface area (Å²) in [7, 11) is 0. The van der Waals surface area contributed by atoms with Gasteiger partial charge in [-0.2, -0.15) is 0 Å². The van der Waals surface area contributed by atoms with Crippen LogP contribution in [0.4, 0.5) is 11.4 Å². The van der Waals surface area contributed by atoms with E-state index in [4.69, 9.17) is 16.6 Å². The van der Waals surface area contributed by atoms with Gasteiger partial charge in [0, 0.05) is 29.0 Å². The van der Waals surface area contributed by atoms with Crippen LogP contribution < -0.4 is 4.90 Å². The number of nitrogens with zero attached hydrogens (tertiary/aromatic N) is 2. The van der Waals surface area contributed by atoms with E-state index < -0.39 is 0 Å². The van der Waals surface area contributed by atoms with E-state index in [1.165, 1.54) is 28.8 Å². The molecule has 0 saturated carbocycles. The Hall–Kier alpha value is -1.80. The van der Waals surface area contributed by atoms with Crippen molar-refractivity contribution in [2.75, 3.05) is 11.4 Å². The summed E-state index contributed by atoms with van der Waals surface area (Å²) in [5.41, 5.74) is 7.51. The van der Waals surface area contributed by atoms with Crippen LogP contribution in [0.1, 0.15) is 62.3 Å². The molecule has 2 aromatic rings. The summed E-state index contributed by atoms with van der Waals surface area (Å²) in [6.07, 6.45) is 3.15. The summed E-state index contributed by atoms with van der Waals surface area (Å²) in [5.74, 6) is 0.545. The molecule has 3 heteroatoms. The lowest BCUT2D eigenvalue weighted by molar-refractivity contribution is 0.381. The molecular weight excluding hydrogens is 340 g/mol. The largest absolute Gasteiger partial charge is 0.366 e. The van der Waals surface area contributed by atoms with E-state index in [9.17, 15) is 0 Å². The fourth-order valence-electron chi connectivity index (χ4n) is 4.25. The minimum atomic E-state index is 0.196. The fourth-order valence-corrected chi connectivity index (χ4v) is 4.42. The van der Waals surface area contributed by atoms with Gasteiger partial charge in [0.2, 0.25) is 0 Å². The smallest absolute Gasteiger partial charge is 0.0673 e. The quantitative estimate of drug-likeness (QED) is 0.542. The standard InChI is InChI=1S/C23H29ClN2/c1-7-26-22-10-16(3)18(11-20(22)17(4)13-23(26,5)6)14-25-21-12-19(24)9-8-15(21)2/h8-12,14,17H,7,13H2,1-6H3. The highest BCUT2D eigenvalue weighted by atomic mass is 35.5. The molecule has 1 aliphatic rings. The van der Waals surface area contributed by atoms with Crippen LogP contribution >= 0.6 is 11.6 Å². The normalized spacial score (nSPS) is 19.0. The number of fused-ring (bicyclic) bond motifs is 1. The Labute approximate surface area is 162 Å². The first-order valence-corrected chi connectivity index (χ1v) is 9.83. The van der Waals surface area contributed by atoms with Crippen molar-refractivity contribution in [2.45, 2.75) is 59.4 Å². The van der Waals surface area contributed by atoms with Crippen LogP contribution in [0.3, 0.4) is 0 Å². The molecule has 26 heavy (non-hydrogen) atoms. The first-order chi connectivity index (χ1) is 12.2. The Morgan fingerprint density at radius 1 is 1.19 bits per heavy atom. The lowest BCUT2D eigenvalue weighted by Gasteiger charge is -2.47. The maximum Gasteiger partial charge on any atom is 0.0673 e. The second-order valence-corrected chi connectivity index (χ2v) is 8.55. The Morgan fingerprint density at radius 2 is 1.92 bits per heavy atom. The highest BCUT2D eigenvalue weighted by Gasteiger charge is 2.35. The van der Waals surface area contributed by atoms with Crippen molar-refractivity contribution < 1.29 is 0 Å². The molecular formula is C23H29ClN2. The molecule has 3 rings (SSSR count). The van der Waals surface area contributed by atoms with Crippen molar-refractivity contribution in [3.05, 3.63) is 57.6 Å². The molecule has 1 heterocycles. The van der Waals surface area contributed by atoms with E-state index in [-0.39, 0.29) is 5.54 Å². The van der Waals surface area contributed by atoms with Gasteiger partial charge in [0.15, 0.2) is 0 Å². The SMILES string of the molecule is CCN1c2cc(C)c(C=Nc3cc(Cl)ccc3C)cc2C(C)CC1(C)C. The maximum absolute atomic E-state index is 6.12. The average molecular weight is 369 g/mol. The summed E-state index contributed by atoms with van der Waals surface area (Å²) >= 11 is 6.12. The molecule has 0 spiro atoms. The maximum atomic E-state index is 6.12. The van der Waals surface area contributed by atoms with Crippen LogP contribution in [0.15, 0.2) is 35.3 Å². The summed E-state index contributed by atoms with van der Waals surface area (Å²) in [6.45, 7) is 14.5. The van der Waals surface area contributed by atoms with Crippen molar-refractivity contribution in [2.24, 2.45) is 4.99 Å². The van der Waals surface area contributed by atoms with Crippen LogP contribution in [0.2, 0.25) is 5.02 Å². The molecule has 0 aliphatic carbocycles. The van der Waals surface area contributed by atoms with Crippen LogP contribution in [0, 0.1) is 13.8 Å². The number of hydrogen-bond acceptors (Lipinski definition) is 2. The molecule has 0 bridgehead atoms. The summed E-state index contributed by atoms with van der Waals surface area (Å²) in [5, 5.41) is 0.722. The first-order valence-electron chi connectivity index (χ1n) is 9.45. The predicted octanol–water partition coefficient (Wildman–Crippen LogP) is 6.82. The third-order valence-electron chi connectivity index (χ3n) is 5.60. The number of anilines is 1. The van der Waals surface area contributed by atoms with Gasteiger partial charge >= 0.3 is 0 Å².